The van der Waals surface area contributed by atoms with E-state index in [1.165, 1.54) is 44.5 Å². The molecule has 0 saturated heterocycles. The summed E-state index contributed by atoms with van der Waals surface area (Å²) in [7, 11) is 3.97. The molecular weight excluding hydrogens is 304 g/mol. The van der Waals surface area contributed by atoms with Gasteiger partial charge in [0.1, 0.15) is 0 Å². The Morgan fingerprint density at radius 2 is 1.86 bits per heavy atom. The SMILES string of the molecule is CC1=C(c2ccccc2)c2c(cc3c(c2C)C(Cl)CC3)C1[Si]. The molecule has 2 atom stereocenters. The van der Waals surface area contributed by atoms with E-state index in [1.807, 2.05) is 0 Å². The highest BCUT2D eigenvalue weighted by molar-refractivity contribution is 6.22. The Balaban J connectivity index is 2.01. The van der Waals surface area contributed by atoms with Gasteiger partial charge in [0.2, 0.25) is 0 Å². The summed E-state index contributed by atoms with van der Waals surface area (Å²) in [6.45, 7) is 4.49. The van der Waals surface area contributed by atoms with Gasteiger partial charge in [-0.3, -0.25) is 0 Å². The van der Waals surface area contributed by atoms with E-state index in [-0.39, 0.29) is 5.38 Å². The Bertz CT molecular complexity index is 789. The van der Waals surface area contributed by atoms with Crippen molar-refractivity contribution in [1.82, 2.24) is 0 Å². The van der Waals surface area contributed by atoms with E-state index in [0.29, 0.717) is 5.54 Å². The summed E-state index contributed by atoms with van der Waals surface area (Å²) in [6.07, 6.45) is 2.17. The molecule has 2 aliphatic carbocycles. The van der Waals surface area contributed by atoms with Crippen LogP contribution in [0.4, 0.5) is 0 Å². The topological polar surface area (TPSA) is 0 Å². The molecule has 4 rings (SSSR count). The highest BCUT2D eigenvalue weighted by atomic mass is 35.5. The van der Waals surface area contributed by atoms with Crippen LogP contribution < -0.4 is 0 Å². The lowest BCUT2D eigenvalue weighted by atomic mass is 9.89. The summed E-state index contributed by atoms with van der Waals surface area (Å²) in [5.74, 6) is 0. The fourth-order valence-corrected chi connectivity index (χ4v) is 4.90. The largest absolute Gasteiger partial charge is 0.118 e. The van der Waals surface area contributed by atoms with Crippen LogP contribution in [0.3, 0.4) is 0 Å². The lowest BCUT2D eigenvalue weighted by molar-refractivity contribution is 0.878. The minimum atomic E-state index is 0.173. The molecule has 2 heteroatoms. The number of rotatable bonds is 1. The minimum Gasteiger partial charge on any atom is -0.118 e. The average Bonchev–Trinajstić information content (AvgIpc) is 3.02. The molecule has 0 bridgehead atoms. The summed E-state index contributed by atoms with van der Waals surface area (Å²) in [5, 5.41) is 0.173. The van der Waals surface area contributed by atoms with Crippen LogP contribution in [0.25, 0.3) is 5.57 Å². The van der Waals surface area contributed by atoms with Gasteiger partial charge in [0.15, 0.2) is 0 Å². The highest BCUT2D eigenvalue weighted by Gasteiger charge is 2.33. The molecule has 109 valence electrons. The van der Waals surface area contributed by atoms with Crippen molar-refractivity contribution in [2.75, 3.05) is 0 Å². The van der Waals surface area contributed by atoms with Crippen LogP contribution in [0.15, 0.2) is 42.0 Å². The van der Waals surface area contributed by atoms with E-state index in [4.69, 9.17) is 11.6 Å². The second kappa shape index (κ2) is 5.11. The molecule has 0 N–H and O–H groups in total. The first-order valence-corrected chi connectivity index (χ1v) is 8.89. The third kappa shape index (κ3) is 1.89. The zero-order chi connectivity index (χ0) is 15.4. The van der Waals surface area contributed by atoms with Crippen LogP contribution in [0.1, 0.15) is 57.6 Å². The van der Waals surface area contributed by atoms with E-state index >= 15 is 0 Å². The van der Waals surface area contributed by atoms with E-state index < -0.39 is 0 Å². The van der Waals surface area contributed by atoms with Gasteiger partial charge in [0.25, 0.3) is 0 Å². The smallest absolute Gasteiger partial charge is 0.0593 e. The molecule has 0 aromatic heterocycles. The molecule has 0 spiro atoms. The maximum Gasteiger partial charge on any atom is 0.0593 e. The second-order valence-corrected chi connectivity index (χ2v) is 7.51. The Hall–Kier alpha value is -1.31. The van der Waals surface area contributed by atoms with Gasteiger partial charge in [-0.2, -0.15) is 0 Å². The normalized spacial score (nSPS) is 22.9. The van der Waals surface area contributed by atoms with Gasteiger partial charge in [-0.1, -0.05) is 42.0 Å². The molecule has 0 nitrogen and oxygen atoms in total. The van der Waals surface area contributed by atoms with Crippen LogP contribution in [-0.4, -0.2) is 10.2 Å². The third-order valence-electron chi connectivity index (χ3n) is 5.17. The van der Waals surface area contributed by atoms with Gasteiger partial charge in [0.05, 0.1) is 5.38 Å². The number of alkyl halides is 1. The third-order valence-corrected chi connectivity index (χ3v) is 6.35. The maximum atomic E-state index is 6.59. The van der Waals surface area contributed by atoms with Crippen LogP contribution in [0.5, 0.6) is 0 Å². The number of hydrogen-bond acceptors (Lipinski definition) is 0. The molecule has 0 saturated carbocycles. The average molecular weight is 322 g/mol. The molecule has 22 heavy (non-hydrogen) atoms. The number of fused-ring (bicyclic) bond motifs is 2. The Labute approximate surface area is 140 Å². The van der Waals surface area contributed by atoms with Crippen molar-refractivity contribution in [3.05, 3.63) is 75.4 Å². The van der Waals surface area contributed by atoms with Crippen LogP contribution >= 0.6 is 11.6 Å². The first kappa shape index (κ1) is 14.3. The molecule has 0 aliphatic heterocycles. The Morgan fingerprint density at radius 1 is 1.14 bits per heavy atom. The fourth-order valence-electron chi connectivity index (χ4n) is 4.11. The zero-order valence-corrected chi connectivity index (χ0v) is 14.7. The van der Waals surface area contributed by atoms with Gasteiger partial charge >= 0.3 is 0 Å². The highest BCUT2D eigenvalue weighted by Crippen LogP contribution is 2.50. The molecule has 0 heterocycles. The summed E-state index contributed by atoms with van der Waals surface area (Å²) in [6, 6.07) is 13.1. The van der Waals surface area contributed by atoms with Gasteiger partial charge in [-0.15, -0.1) is 11.6 Å². The first-order chi connectivity index (χ1) is 10.6. The van der Waals surface area contributed by atoms with E-state index in [9.17, 15) is 0 Å². The lowest BCUT2D eigenvalue weighted by Gasteiger charge is -2.17. The lowest BCUT2D eigenvalue weighted by Crippen LogP contribution is -2.01. The number of aryl methyl sites for hydroxylation is 1. The van der Waals surface area contributed by atoms with Gasteiger partial charge in [-0.05, 0) is 71.2 Å². The molecule has 0 fully saturated rings. The van der Waals surface area contributed by atoms with Crippen molar-refractivity contribution in [1.29, 1.82) is 0 Å². The molecule has 2 aromatic rings. The standard InChI is InChI=1S/C20H18ClSi/c1-11-17-14(8-9-16(17)21)10-15-19(11)18(12(2)20(15)22)13-6-4-3-5-7-13/h3-7,10,16,20H,8-9H2,1-2H3. The predicted molar refractivity (Wildman–Crippen MR) is 94.7 cm³/mol. The Morgan fingerprint density at radius 3 is 2.59 bits per heavy atom. The monoisotopic (exact) mass is 321 g/mol. The van der Waals surface area contributed by atoms with Crippen molar-refractivity contribution < 1.29 is 0 Å². The summed E-state index contributed by atoms with van der Waals surface area (Å²) >= 11 is 6.59. The van der Waals surface area contributed by atoms with Crippen LogP contribution in [-0.2, 0) is 6.42 Å². The van der Waals surface area contributed by atoms with Crippen molar-refractivity contribution >= 4 is 27.4 Å². The van der Waals surface area contributed by atoms with Crippen LogP contribution in [0, 0.1) is 6.92 Å². The molecule has 3 radical (unpaired) electrons. The number of benzene rings is 2. The predicted octanol–water partition coefficient (Wildman–Crippen LogP) is 5.27. The molecule has 0 amide bonds. The second-order valence-electron chi connectivity index (χ2n) is 6.40. The van der Waals surface area contributed by atoms with Crippen molar-refractivity contribution in [3.8, 4) is 0 Å². The van der Waals surface area contributed by atoms with Crippen molar-refractivity contribution in [2.24, 2.45) is 0 Å². The molecule has 2 unspecified atom stereocenters. The summed E-state index contributed by atoms with van der Waals surface area (Å²) in [5.41, 5.74) is 11.4. The molecular formula is C20H18ClSi. The quantitative estimate of drug-likeness (QED) is 0.496. The fraction of sp³-hybridized carbons (Fsp3) is 0.300. The summed E-state index contributed by atoms with van der Waals surface area (Å²) < 4.78 is 0. The number of allylic oxidation sites excluding steroid dienone is 1. The van der Waals surface area contributed by atoms with Gasteiger partial charge in [0, 0.05) is 10.2 Å². The Kier molecular flexibility index (Phi) is 3.32. The molecule has 2 aliphatic rings. The van der Waals surface area contributed by atoms with E-state index in [0.717, 1.165) is 12.8 Å². The first-order valence-electron chi connectivity index (χ1n) is 7.87. The minimum absolute atomic E-state index is 0.173. The number of hydrogen-bond donors (Lipinski definition) is 0. The van der Waals surface area contributed by atoms with Gasteiger partial charge < -0.3 is 0 Å². The van der Waals surface area contributed by atoms with E-state index in [1.54, 1.807) is 0 Å². The zero-order valence-electron chi connectivity index (χ0n) is 12.9. The summed E-state index contributed by atoms with van der Waals surface area (Å²) in [4.78, 5) is 0. The maximum absolute atomic E-state index is 6.59. The number of halogens is 1. The van der Waals surface area contributed by atoms with Crippen molar-refractivity contribution in [3.63, 3.8) is 0 Å². The van der Waals surface area contributed by atoms with E-state index in [2.05, 4.69) is 60.5 Å². The van der Waals surface area contributed by atoms with Crippen LogP contribution in [0.2, 0.25) is 0 Å². The van der Waals surface area contributed by atoms with Crippen molar-refractivity contribution in [2.45, 2.75) is 37.6 Å². The molecule has 2 aromatic carbocycles. The van der Waals surface area contributed by atoms with Gasteiger partial charge in [-0.25, -0.2) is 0 Å².